The van der Waals surface area contributed by atoms with Crippen molar-refractivity contribution in [1.82, 2.24) is 19.7 Å². The van der Waals surface area contributed by atoms with Crippen molar-refractivity contribution in [3.05, 3.63) is 88.9 Å². The molecule has 0 spiro atoms. The van der Waals surface area contributed by atoms with E-state index in [1.54, 1.807) is 11.8 Å². The summed E-state index contributed by atoms with van der Waals surface area (Å²) in [4.78, 5) is 17.0. The summed E-state index contributed by atoms with van der Waals surface area (Å²) in [6, 6.07) is 17.7. The highest BCUT2D eigenvalue weighted by Crippen LogP contribution is 2.27. The molecule has 1 amide bonds. The van der Waals surface area contributed by atoms with Crippen molar-refractivity contribution in [2.75, 3.05) is 5.32 Å². The summed E-state index contributed by atoms with van der Waals surface area (Å²) in [7, 11) is 0. The van der Waals surface area contributed by atoms with E-state index in [9.17, 15) is 4.79 Å². The number of anilines is 1. The van der Waals surface area contributed by atoms with E-state index in [1.807, 2.05) is 73.0 Å². The van der Waals surface area contributed by atoms with E-state index in [0.717, 1.165) is 38.5 Å². The second-order valence-electron chi connectivity index (χ2n) is 7.13. The smallest absolute Gasteiger partial charge is 0.231 e. The number of aromatic nitrogens is 4. The molecular weight excluding hydrogens is 438 g/mol. The number of aryl methyl sites for hydroxylation is 1. The number of hydrogen-bond donors (Lipinski definition) is 1. The fraction of sp³-hybridized carbons (Fsp3) is 0.167. The molecule has 2 aromatic carbocycles. The van der Waals surface area contributed by atoms with Crippen molar-refractivity contribution in [3.63, 3.8) is 0 Å². The van der Waals surface area contributed by atoms with Gasteiger partial charge in [0.05, 0.1) is 12.1 Å². The summed E-state index contributed by atoms with van der Waals surface area (Å²) in [5, 5.41) is 15.3. The van der Waals surface area contributed by atoms with Gasteiger partial charge in [-0.3, -0.25) is 9.36 Å². The first kappa shape index (κ1) is 22.0. The van der Waals surface area contributed by atoms with E-state index < -0.39 is 0 Å². The number of carbonyl (C=O) groups excluding carboxylic acids is 1. The first-order valence-electron chi connectivity index (χ1n) is 10.1. The molecule has 4 rings (SSSR count). The Bertz CT molecular complexity index is 1220. The molecule has 0 bridgehead atoms. The second-order valence-corrected chi connectivity index (χ2v) is 9.02. The average Bonchev–Trinajstić information content (AvgIpc) is 3.41. The van der Waals surface area contributed by atoms with Gasteiger partial charge in [-0.2, -0.15) is 0 Å². The highest BCUT2D eigenvalue weighted by Gasteiger charge is 2.15. The number of thiazole rings is 1. The van der Waals surface area contributed by atoms with Crippen LogP contribution in [0, 0.1) is 6.92 Å². The van der Waals surface area contributed by atoms with Gasteiger partial charge in [0, 0.05) is 28.9 Å². The standard InChI is InChI=1S/C24H23N5OS2/c1-3-13-29-23(18-10-5-4-6-11-18)27-28-24(29)32-16-19-15-31-22(25-19)14-21(30)26-20-12-8-7-9-17(20)2/h3-12,15H,1,13-14,16H2,2H3,(H,26,30). The molecule has 2 aromatic heterocycles. The van der Waals surface area contributed by atoms with Crippen LogP contribution in [0.5, 0.6) is 0 Å². The first-order valence-corrected chi connectivity index (χ1v) is 12.0. The number of allylic oxidation sites excluding steroid dienone is 1. The van der Waals surface area contributed by atoms with Crippen LogP contribution in [0.2, 0.25) is 0 Å². The molecule has 4 aromatic rings. The molecule has 0 saturated heterocycles. The monoisotopic (exact) mass is 461 g/mol. The second kappa shape index (κ2) is 10.4. The molecule has 0 atom stereocenters. The fourth-order valence-electron chi connectivity index (χ4n) is 3.17. The molecule has 0 unspecified atom stereocenters. The Morgan fingerprint density at radius 3 is 2.72 bits per heavy atom. The molecule has 0 fully saturated rings. The Balaban J connectivity index is 1.39. The topological polar surface area (TPSA) is 72.7 Å². The van der Waals surface area contributed by atoms with E-state index in [1.165, 1.54) is 11.3 Å². The fourth-order valence-corrected chi connectivity index (χ4v) is 4.91. The lowest BCUT2D eigenvalue weighted by atomic mass is 10.2. The van der Waals surface area contributed by atoms with Gasteiger partial charge in [0.2, 0.25) is 5.91 Å². The number of benzene rings is 2. The van der Waals surface area contributed by atoms with E-state index in [4.69, 9.17) is 0 Å². The first-order chi connectivity index (χ1) is 15.6. The maximum Gasteiger partial charge on any atom is 0.231 e. The van der Waals surface area contributed by atoms with Gasteiger partial charge in [0.1, 0.15) is 5.01 Å². The highest BCUT2D eigenvalue weighted by molar-refractivity contribution is 7.98. The van der Waals surface area contributed by atoms with Gasteiger partial charge in [0.25, 0.3) is 0 Å². The molecule has 6 nitrogen and oxygen atoms in total. The van der Waals surface area contributed by atoms with Gasteiger partial charge in [-0.1, -0.05) is 66.4 Å². The van der Waals surface area contributed by atoms with E-state index >= 15 is 0 Å². The van der Waals surface area contributed by atoms with Gasteiger partial charge in [-0.25, -0.2) is 4.98 Å². The minimum atomic E-state index is -0.0638. The highest BCUT2D eigenvalue weighted by atomic mass is 32.2. The maximum atomic E-state index is 12.4. The van der Waals surface area contributed by atoms with Crippen LogP contribution in [0.3, 0.4) is 0 Å². The van der Waals surface area contributed by atoms with Crippen LogP contribution in [0.1, 0.15) is 16.3 Å². The van der Waals surface area contributed by atoms with Crippen molar-refractivity contribution >= 4 is 34.7 Å². The number of carbonyl (C=O) groups is 1. The van der Waals surface area contributed by atoms with Crippen molar-refractivity contribution in [2.24, 2.45) is 0 Å². The molecule has 0 radical (unpaired) electrons. The van der Waals surface area contributed by atoms with Crippen LogP contribution in [-0.2, 0) is 23.5 Å². The van der Waals surface area contributed by atoms with Crippen LogP contribution in [0.15, 0.2) is 77.8 Å². The maximum absolute atomic E-state index is 12.4. The molecule has 0 aliphatic carbocycles. The Morgan fingerprint density at radius 1 is 1.16 bits per heavy atom. The molecular formula is C24H23N5OS2. The van der Waals surface area contributed by atoms with E-state index in [2.05, 4.69) is 31.6 Å². The lowest BCUT2D eigenvalue weighted by Gasteiger charge is -2.07. The summed E-state index contributed by atoms with van der Waals surface area (Å²) in [5.41, 5.74) is 3.81. The van der Waals surface area contributed by atoms with Crippen LogP contribution in [-0.4, -0.2) is 25.7 Å². The zero-order valence-electron chi connectivity index (χ0n) is 17.7. The van der Waals surface area contributed by atoms with Crippen molar-refractivity contribution in [3.8, 4) is 11.4 Å². The molecule has 8 heteroatoms. The number of amides is 1. The SMILES string of the molecule is C=CCn1c(SCc2csc(CC(=O)Nc3ccccc3C)n2)nnc1-c1ccccc1. The van der Waals surface area contributed by atoms with Crippen molar-refractivity contribution < 1.29 is 4.79 Å². The lowest BCUT2D eigenvalue weighted by molar-refractivity contribution is -0.115. The summed E-state index contributed by atoms with van der Waals surface area (Å²) in [5.74, 6) is 1.41. The predicted molar refractivity (Wildman–Crippen MR) is 131 cm³/mol. The molecule has 32 heavy (non-hydrogen) atoms. The zero-order valence-corrected chi connectivity index (χ0v) is 19.3. The molecule has 0 aliphatic heterocycles. The molecule has 0 aliphatic rings. The van der Waals surface area contributed by atoms with Gasteiger partial charge < -0.3 is 5.32 Å². The third-order valence-electron chi connectivity index (χ3n) is 4.74. The minimum Gasteiger partial charge on any atom is -0.325 e. The minimum absolute atomic E-state index is 0.0638. The summed E-state index contributed by atoms with van der Waals surface area (Å²) < 4.78 is 2.05. The largest absolute Gasteiger partial charge is 0.325 e. The predicted octanol–water partition coefficient (Wildman–Crippen LogP) is 5.37. The molecule has 2 heterocycles. The Hall–Kier alpha value is -3.23. The molecule has 0 saturated carbocycles. The quantitative estimate of drug-likeness (QED) is 0.268. The normalized spacial score (nSPS) is 10.8. The Morgan fingerprint density at radius 2 is 1.94 bits per heavy atom. The average molecular weight is 462 g/mol. The lowest BCUT2D eigenvalue weighted by Crippen LogP contribution is -2.15. The van der Waals surface area contributed by atoms with Crippen LogP contribution in [0.25, 0.3) is 11.4 Å². The summed E-state index contributed by atoms with van der Waals surface area (Å²) in [6.45, 7) is 6.46. The number of hydrogen-bond acceptors (Lipinski definition) is 6. The number of para-hydroxylation sites is 1. The number of rotatable bonds is 9. The summed E-state index contributed by atoms with van der Waals surface area (Å²) >= 11 is 3.08. The Labute approximate surface area is 195 Å². The van der Waals surface area contributed by atoms with E-state index in [0.29, 0.717) is 12.3 Å². The van der Waals surface area contributed by atoms with Crippen LogP contribution >= 0.6 is 23.1 Å². The van der Waals surface area contributed by atoms with Gasteiger partial charge in [-0.15, -0.1) is 28.1 Å². The van der Waals surface area contributed by atoms with Crippen LogP contribution < -0.4 is 5.32 Å². The Kier molecular flexibility index (Phi) is 7.14. The van der Waals surface area contributed by atoms with Gasteiger partial charge in [0.15, 0.2) is 11.0 Å². The van der Waals surface area contributed by atoms with Gasteiger partial charge >= 0.3 is 0 Å². The van der Waals surface area contributed by atoms with Crippen molar-refractivity contribution in [1.29, 1.82) is 0 Å². The third-order valence-corrected chi connectivity index (χ3v) is 6.64. The number of nitrogens with one attached hydrogen (secondary N) is 1. The summed E-state index contributed by atoms with van der Waals surface area (Å²) in [6.07, 6.45) is 2.10. The van der Waals surface area contributed by atoms with E-state index in [-0.39, 0.29) is 12.3 Å². The molecule has 1 N–H and O–H groups in total. The number of thioether (sulfide) groups is 1. The number of nitrogens with zero attached hydrogens (tertiary/aromatic N) is 4. The van der Waals surface area contributed by atoms with Crippen LogP contribution in [0.4, 0.5) is 5.69 Å². The zero-order chi connectivity index (χ0) is 22.3. The van der Waals surface area contributed by atoms with Gasteiger partial charge in [-0.05, 0) is 18.6 Å². The van der Waals surface area contributed by atoms with Crippen molar-refractivity contribution in [2.45, 2.75) is 30.8 Å². The molecule has 162 valence electrons. The third kappa shape index (κ3) is 5.33.